The molecular formula is C18H26N2O3. The second-order valence-corrected chi connectivity index (χ2v) is 6.84. The molecular weight excluding hydrogens is 292 g/mol. The highest BCUT2D eigenvalue weighted by molar-refractivity contribution is 5.94. The highest BCUT2D eigenvalue weighted by atomic mass is 16.5. The predicted molar refractivity (Wildman–Crippen MR) is 89.0 cm³/mol. The minimum absolute atomic E-state index is 0.0218. The third-order valence-electron chi connectivity index (χ3n) is 4.78. The molecule has 1 fully saturated rings. The van der Waals surface area contributed by atoms with Crippen LogP contribution in [0.25, 0.3) is 0 Å². The van der Waals surface area contributed by atoms with E-state index in [0.29, 0.717) is 23.4 Å². The van der Waals surface area contributed by atoms with Crippen molar-refractivity contribution in [1.82, 2.24) is 4.98 Å². The van der Waals surface area contributed by atoms with E-state index in [1.54, 1.807) is 12.1 Å². The summed E-state index contributed by atoms with van der Waals surface area (Å²) in [7, 11) is 1.31. The van der Waals surface area contributed by atoms with Crippen molar-refractivity contribution in [3.8, 4) is 0 Å². The molecule has 0 bridgehead atoms. The van der Waals surface area contributed by atoms with Gasteiger partial charge in [0.05, 0.1) is 7.11 Å². The summed E-state index contributed by atoms with van der Waals surface area (Å²) in [6.07, 6.45) is 4.71. The van der Waals surface area contributed by atoms with Crippen LogP contribution in [-0.2, 0) is 9.53 Å². The van der Waals surface area contributed by atoms with E-state index in [4.69, 9.17) is 0 Å². The molecule has 23 heavy (non-hydrogen) atoms. The van der Waals surface area contributed by atoms with Gasteiger partial charge in [-0.25, -0.2) is 9.78 Å². The number of ether oxygens (including phenoxy) is 1. The van der Waals surface area contributed by atoms with Gasteiger partial charge in [0.15, 0.2) is 0 Å². The molecule has 3 atom stereocenters. The summed E-state index contributed by atoms with van der Waals surface area (Å²) in [5.41, 5.74) is 0.786. The smallest absolute Gasteiger partial charge is 0.356 e. The van der Waals surface area contributed by atoms with Crippen molar-refractivity contribution in [3.63, 3.8) is 0 Å². The zero-order chi connectivity index (χ0) is 17.0. The molecule has 1 saturated carbocycles. The molecule has 0 radical (unpaired) electrons. The number of anilines is 1. The Balaban J connectivity index is 2.12. The highest BCUT2D eigenvalue weighted by Gasteiger charge is 2.35. The van der Waals surface area contributed by atoms with Crippen LogP contribution in [0, 0.1) is 23.7 Å². The number of hydrogen-bond donors (Lipinski definition) is 1. The first-order valence-corrected chi connectivity index (χ1v) is 8.27. The number of rotatable bonds is 4. The fourth-order valence-electron chi connectivity index (χ4n) is 3.46. The lowest BCUT2D eigenvalue weighted by Crippen LogP contribution is -2.36. The quantitative estimate of drug-likeness (QED) is 0.863. The Bertz CT molecular complexity index is 571. The van der Waals surface area contributed by atoms with Gasteiger partial charge in [-0.15, -0.1) is 0 Å². The van der Waals surface area contributed by atoms with Gasteiger partial charge in [-0.2, -0.15) is 0 Å². The summed E-state index contributed by atoms with van der Waals surface area (Å²) in [6, 6.07) is 3.25. The van der Waals surface area contributed by atoms with Crippen molar-refractivity contribution in [2.45, 2.75) is 40.0 Å². The number of amides is 1. The fraction of sp³-hybridized carbons (Fsp3) is 0.611. The molecule has 0 saturated heterocycles. The van der Waals surface area contributed by atoms with Gasteiger partial charge in [0.2, 0.25) is 5.91 Å². The van der Waals surface area contributed by atoms with Gasteiger partial charge in [0.25, 0.3) is 0 Å². The van der Waals surface area contributed by atoms with Crippen LogP contribution in [0.2, 0.25) is 0 Å². The molecule has 0 aromatic carbocycles. The van der Waals surface area contributed by atoms with Crippen LogP contribution in [0.5, 0.6) is 0 Å². The van der Waals surface area contributed by atoms with Crippen molar-refractivity contribution in [2.75, 3.05) is 12.4 Å². The number of carbonyl (C=O) groups excluding carboxylic acids is 2. The molecule has 0 aliphatic heterocycles. The van der Waals surface area contributed by atoms with E-state index in [1.807, 2.05) is 0 Å². The molecule has 5 heteroatoms. The average molecular weight is 318 g/mol. The molecule has 5 nitrogen and oxygen atoms in total. The number of esters is 1. The van der Waals surface area contributed by atoms with Gasteiger partial charge in [-0.3, -0.25) is 4.79 Å². The molecule has 2 rings (SSSR count). The Morgan fingerprint density at radius 3 is 2.74 bits per heavy atom. The van der Waals surface area contributed by atoms with Crippen LogP contribution >= 0.6 is 0 Å². The van der Waals surface area contributed by atoms with Crippen LogP contribution in [0.4, 0.5) is 5.69 Å². The largest absolute Gasteiger partial charge is 0.464 e. The Kier molecular flexibility index (Phi) is 5.74. The maximum absolute atomic E-state index is 12.7. The molecule has 1 aromatic rings. The summed E-state index contributed by atoms with van der Waals surface area (Å²) in [4.78, 5) is 28.2. The number of methoxy groups -OCH3 is 1. The number of aromatic nitrogens is 1. The summed E-state index contributed by atoms with van der Waals surface area (Å²) in [5, 5.41) is 2.95. The SMILES string of the molecule is COC(=O)c1cc(NC(=O)[C@@H]2C[C@H](C)CC[C@H]2C(C)C)ccn1. The van der Waals surface area contributed by atoms with Gasteiger partial charge >= 0.3 is 5.97 Å². The van der Waals surface area contributed by atoms with E-state index >= 15 is 0 Å². The Morgan fingerprint density at radius 2 is 2.09 bits per heavy atom. The molecule has 1 aliphatic carbocycles. The number of nitrogens with zero attached hydrogens (tertiary/aromatic N) is 1. The van der Waals surface area contributed by atoms with Crippen molar-refractivity contribution >= 4 is 17.6 Å². The van der Waals surface area contributed by atoms with Gasteiger partial charge in [-0.1, -0.05) is 27.2 Å². The summed E-state index contributed by atoms with van der Waals surface area (Å²) in [5.74, 6) is 1.02. The monoisotopic (exact) mass is 318 g/mol. The van der Waals surface area contributed by atoms with Crippen LogP contribution in [0.1, 0.15) is 50.5 Å². The zero-order valence-corrected chi connectivity index (χ0v) is 14.3. The highest BCUT2D eigenvalue weighted by Crippen LogP contribution is 2.38. The number of nitrogens with one attached hydrogen (secondary N) is 1. The Labute approximate surface area is 137 Å². The first kappa shape index (κ1) is 17.4. The fourth-order valence-corrected chi connectivity index (χ4v) is 3.46. The second-order valence-electron chi connectivity index (χ2n) is 6.84. The number of hydrogen-bond acceptors (Lipinski definition) is 4. The van der Waals surface area contributed by atoms with Crippen molar-refractivity contribution in [2.24, 2.45) is 23.7 Å². The molecule has 0 spiro atoms. The Hall–Kier alpha value is -1.91. The normalized spacial score (nSPS) is 24.3. The minimum atomic E-state index is -0.507. The molecule has 1 aliphatic rings. The average Bonchev–Trinajstić information content (AvgIpc) is 2.53. The van der Waals surface area contributed by atoms with Gasteiger partial charge in [0.1, 0.15) is 5.69 Å². The second kappa shape index (κ2) is 7.57. The molecule has 126 valence electrons. The van der Waals surface area contributed by atoms with E-state index in [-0.39, 0.29) is 17.5 Å². The maximum Gasteiger partial charge on any atom is 0.356 e. The van der Waals surface area contributed by atoms with E-state index in [0.717, 1.165) is 12.8 Å². The third-order valence-corrected chi connectivity index (χ3v) is 4.78. The molecule has 0 unspecified atom stereocenters. The predicted octanol–water partition coefficient (Wildman–Crippen LogP) is 3.52. The standard InChI is InChI=1S/C18H26N2O3/c1-11(2)14-6-5-12(3)9-15(14)17(21)20-13-7-8-19-16(10-13)18(22)23-4/h7-8,10-12,14-15H,5-6,9H2,1-4H3,(H,19,20,21)/t12-,14+,15-/m1/s1. The van der Waals surface area contributed by atoms with Crippen LogP contribution in [0.15, 0.2) is 18.3 Å². The van der Waals surface area contributed by atoms with Crippen molar-refractivity contribution < 1.29 is 14.3 Å². The number of carbonyl (C=O) groups is 2. The lowest BCUT2D eigenvalue weighted by atomic mass is 9.70. The van der Waals surface area contributed by atoms with Gasteiger partial charge < -0.3 is 10.1 Å². The van der Waals surface area contributed by atoms with Crippen molar-refractivity contribution in [1.29, 1.82) is 0 Å². The van der Waals surface area contributed by atoms with Crippen LogP contribution in [0.3, 0.4) is 0 Å². The molecule has 1 aromatic heterocycles. The minimum Gasteiger partial charge on any atom is -0.464 e. The maximum atomic E-state index is 12.7. The first-order valence-electron chi connectivity index (χ1n) is 8.27. The number of pyridine rings is 1. The zero-order valence-electron chi connectivity index (χ0n) is 14.3. The van der Waals surface area contributed by atoms with E-state index in [2.05, 4.69) is 35.8 Å². The summed E-state index contributed by atoms with van der Waals surface area (Å²) < 4.78 is 4.66. The van der Waals surface area contributed by atoms with Gasteiger partial charge in [-0.05, 0) is 42.7 Å². The summed E-state index contributed by atoms with van der Waals surface area (Å²) >= 11 is 0. The van der Waals surface area contributed by atoms with Crippen LogP contribution < -0.4 is 5.32 Å². The Morgan fingerprint density at radius 1 is 1.35 bits per heavy atom. The van der Waals surface area contributed by atoms with E-state index < -0.39 is 5.97 Å². The van der Waals surface area contributed by atoms with Crippen molar-refractivity contribution in [3.05, 3.63) is 24.0 Å². The first-order chi connectivity index (χ1) is 10.9. The molecule has 1 amide bonds. The molecule has 1 N–H and O–H groups in total. The van der Waals surface area contributed by atoms with E-state index in [1.165, 1.54) is 19.7 Å². The van der Waals surface area contributed by atoms with Gasteiger partial charge in [0, 0.05) is 17.8 Å². The lowest BCUT2D eigenvalue weighted by molar-refractivity contribution is -0.124. The lowest BCUT2D eigenvalue weighted by Gasteiger charge is -2.36. The van der Waals surface area contributed by atoms with E-state index in [9.17, 15) is 9.59 Å². The third kappa shape index (κ3) is 4.30. The van der Waals surface area contributed by atoms with Crippen LogP contribution in [-0.4, -0.2) is 24.0 Å². The topological polar surface area (TPSA) is 68.3 Å². The summed E-state index contributed by atoms with van der Waals surface area (Å²) in [6.45, 7) is 6.57. The molecule has 1 heterocycles.